The molecule has 31 heteroatoms. The minimum atomic E-state index is -0.675. The van der Waals surface area contributed by atoms with Crippen molar-refractivity contribution < 1.29 is 48.3 Å². The van der Waals surface area contributed by atoms with Crippen molar-refractivity contribution in [3.05, 3.63) is 150 Å². The molecule has 0 aliphatic carbocycles. The normalized spacial score (nSPS) is 12.6. The summed E-state index contributed by atoms with van der Waals surface area (Å²) < 4.78 is 8.69. The second-order valence-corrected chi connectivity index (χ2v) is 22.0. The van der Waals surface area contributed by atoms with Gasteiger partial charge in [0.2, 0.25) is 35.1 Å². The first-order chi connectivity index (χ1) is 43.5. The number of H-pyrrole nitrogens is 1. The Morgan fingerprint density at radius 2 is 1.04 bits per heavy atom. The molecule has 1 aliphatic rings. The molecule has 1 aliphatic heterocycles. The number of carbonyl (C=O) groups excluding carboxylic acids is 9. The lowest BCUT2D eigenvalue weighted by atomic mass is 9.95. The number of phenols is 1. The number of aromatic nitrogens is 11. The number of phenolic OH excluding ortho intramolecular Hbond substituents is 1. The van der Waals surface area contributed by atoms with Crippen molar-refractivity contribution in [3.8, 4) is 5.75 Å². The van der Waals surface area contributed by atoms with Gasteiger partial charge in [-0.1, -0.05) is 24.3 Å². The standard InChI is InChI=1S/C60H59ClN20O10/c1-30(82)63-44-26-77(4)52(69-44)58(89)73-47-29-80(7)51(72-47)57(88)66-35-20-42(76(3)25-35)55(86)65-34-19-41(75(2)24-34)54(85)62-16-10-13-48(84)68-45-27-78(5)53(70-45)59(90)74-46-28-79(6)50(71-46)56(87)64-33-14-15-38-31(17-33)18-39(67-38)60(91)81-23-32(22-61)49-37-12-9-8-11-36(37)43(83)21-40(49)81/h8-9,11-12,14-15,17-21,24-29,32,67,83H,10,13,16,22-23H2,1-7H3,(H,62,85)(H,63,82)(H,64,87)(H,65,86)(H,66,88)(H,68,84)(H,73,89)(H,74,90). The molecule has 8 heterocycles. The Bertz CT molecular complexity index is 4650. The van der Waals surface area contributed by atoms with Gasteiger partial charge in [-0.25, -0.2) is 19.9 Å². The molecule has 1 unspecified atom stereocenters. The van der Waals surface area contributed by atoms with Crippen LogP contribution in [0.4, 0.5) is 46.0 Å². The van der Waals surface area contributed by atoms with Crippen LogP contribution in [0.25, 0.3) is 21.7 Å². The first-order valence-corrected chi connectivity index (χ1v) is 28.7. The number of aryl methyl sites for hydroxylation is 6. The lowest BCUT2D eigenvalue weighted by molar-refractivity contribution is -0.116. The van der Waals surface area contributed by atoms with E-state index < -0.39 is 41.4 Å². The van der Waals surface area contributed by atoms with Crippen molar-refractivity contribution in [2.24, 2.45) is 42.3 Å². The summed E-state index contributed by atoms with van der Waals surface area (Å²) >= 11 is 6.41. The number of amides is 9. The van der Waals surface area contributed by atoms with E-state index >= 15 is 0 Å². The molecule has 3 aromatic carbocycles. The summed E-state index contributed by atoms with van der Waals surface area (Å²) in [5.41, 5.74) is 3.81. The number of nitrogens with one attached hydrogen (secondary N) is 9. The molecule has 10 aromatic rings. The number of fused-ring (bicyclic) bond motifs is 4. The maximum absolute atomic E-state index is 14.0. The molecule has 10 N–H and O–H groups in total. The van der Waals surface area contributed by atoms with Crippen LogP contribution in [0, 0.1) is 0 Å². The van der Waals surface area contributed by atoms with E-state index in [0.717, 1.165) is 10.9 Å². The number of imidazole rings is 4. The summed E-state index contributed by atoms with van der Waals surface area (Å²) in [6.45, 7) is 1.76. The van der Waals surface area contributed by atoms with Gasteiger partial charge in [0.1, 0.15) is 22.8 Å². The van der Waals surface area contributed by atoms with Crippen molar-refractivity contribution in [2.75, 3.05) is 61.1 Å². The number of hydrogen-bond donors (Lipinski definition) is 10. The fourth-order valence-corrected chi connectivity index (χ4v) is 11.0. The topological polar surface area (TPSA) is 370 Å². The summed E-state index contributed by atoms with van der Waals surface area (Å²) in [4.78, 5) is 140. The summed E-state index contributed by atoms with van der Waals surface area (Å²) in [5, 5.41) is 34.5. The van der Waals surface area contributed by atoms with E-state index in [0.29, 0.717) is 45.6 Å². The highest BCUT2D eigenvalue weighted by Crippen LogP contribution is 2.46. The van der Waals surface area contributed by atoms with Gasteiger partial charge < -0.3 is 84.9 Å². The largest absolute Gasteiger partial charge is 0.507 e. The summed E-state index contributed by atoms with van der Waals surface area (Å²) in [5.74, 6) is -4.21. The second-order valence-electron chi connectivity index (χ2n) is 21.7. The molecule has 0 saturated carbocycles. The van der Waals surface area contributed by atoms with Crippen molar-refractivity contribution in [2.45, 2.75) is 25.7 Å². The first-order valence-electron chi connectivity index (χ1n) is 28.1. The summed E-state index contributed by atoms with van der Waals surface area (Å²) in [6.07, 6.45) is 9.09. The fourth-order valence-electron chi connectivity index (χ4n) is 10.7. The van der Waals surface area contributed by atoms with Crippen LogP contribution in [0.5, 0.6) is 5.75 Å². The van der Waals surface area contributed by atoms with Gasteiger partial charge in [-0.2, -0.15) is 0 Å². The average molecular weight is 1260 g/mol. The quantitative estimate of drug-likeness (QED) is 0.0329. The Balaban J connectivity index is 0.621. The van der Waals surface area contributed by atoms with Crippen molar-refractivity contribution >= 4 is 132 Å². The van der Waals surface area contributed by atoms with Crippen LogP contribution in [-0.2, 0) is 51.9 Å². The van der Waals surface area contributed by atoms with Gasteiger partial charge >= 0.3 is 0 Å². The molecule has 1 atom stereocenters. The average Bonchev–Trinajstić information content (AvgIpc) is 1.65. The Labute approximate surface area is 521 Å². The zero-order valence-corrected chi connectivity index (χ0v) is 50.6. The highest BCUT2D eigenvalue weighted by molar-refractivity contribution is 6.19. The van der Waals surface area contributed by atoms with Crippen molar-refractivity contribution in [1.29, 1.82) is 0 Å². The first kappa shape index (κ1) is 60.9. The molecule has 466 valence electrons. The SMILES string of the molecule is CC(=O)Nc1cn(C)c(C(=O)Nc2cn(C)c(C(=O)Nc3cc(C(=O)Nc4cc(C(=O)NCCCC(=O)Nc5cn(C)c(C(=O)Nc6cn(C)c(C(=O)Nc7ccc8[nH]c(C(=O)N9CC(CCl)c%10c9cc(O)c9ccccc%109)cc8c7)n6)n5)n(C)c4)n(C)c3)n2)n1. The predicted octanol–water partition coefficient (Wildman–Crippen LogP) is 5.99. The van der Waals surface area contributed by atoms with Gasteiger partial charge in [0, 0.05) is 146 Å². The van der Waals surface area contributed by atoms with E-state index in [-0.39, 0.29) is 112 Å². The molecule has 30 nitrogen and oxygen atoms in total. The van der Waals surface area contributed by atoms with E-state index in [2.05, 4.69) is 67.5 Å². The monoisotopic (exact) mass is 1250 g/mol. The van der Waals surface area contributed by atoms with E-state index in [1.165, 1.54) is 77.4 Å². The Morgan fingerprint density at radius 1 is 0.549 bits per heavy atom. The van der Waals surface area contributed by atoms with Crippen molar-refractivity contribution in [1.82, 2.24) is 57.6 Å². The lowest BCUT2D eigenvalue weighted by Gasteiger charge is -2.17. The van der Waals surface area contributed by atoms with Crippen LogP contribution < -0.4 is 47.4 Å². The smallest absolute Gasteiger partial charge is 0.292 e. The number of carbonyl (C=O) groups is 9. The molecule has 0 fully saturated rings. The minimum absolute atomic E-state index is 0.00971. The third-order valence-corrected chi connectivity index (χ3v) is 15.3. The zero-order valence-electron chi connectivity index (χ0n) is 49.8. The second kappa shape index (κ2) is 24.7. The number of benzene rings is 3. The van der Waals surface area contributed by atoms with E-state index in [1.807, 2.05) is 24.3 Å². The number of nitrogens with zero attached hydrogens (tertiary/aromatic N) is 11. The molecule has 0 spiro atoms. The molecule has 0 saturated heterocycles. The number of aromatic hydroxyl groups is 1. The van der Waals surface area contributed by atoms with Crippen LogP contribution in [0.15, 0.2) is 104 Å². The molecule has 0 radical (unpaired) electrons. The van der Waals surface area contributed by atoms with Crippen molar-refractivity contribution in [3.63, 3.8) is 0 Å². The Morgan fingerprint density at radius 3 is 1.59 bits per heavy atom. The maximum Gasteiger partial charge on any atom is 0.292 e. The number of aromatic amines is 1. The summed E-state index contributed by atoms with van der Waals surface area (Å²) in [6, 6.07) is 18.8. The maximum atomic E-state index is 14.0. The van der Waals surface area contributed by atoms with E-state index in [9.17, 15) is 48.3 Å². The van der Waals surface area contributed by atoms with Gasteiger partial charge in [0.05, 0.1) is 17.1 Å². The van der Waals surface area contributed by atoms with Crippen LogP contribution in [0.1, 0.15) is 105 Å². The molecular weight excluding hydrogens is 1200 g/mol. The lowest BCUT2D eigenvalue weighted by Crippen LogP contribution is -2.30. The molecule has 11 rings (SSSR count). The highest BCUT2D eigenvalue weighted by Gasteiger charge is 2.36. The van der Waals surface area contributed by atoms with Crippen LogP contribution in [0.3, 0.4) is 0 Å². The molecule has 91 heavy (non-hydrogen) atoms. The Kier molecular flexibility index (Phi) is 16.5. The van der Waals surface area contributed by atoms with Crippen LogP contribution >= 0.6 is 11.6 Å². The number of halogens is 1. The highest BCUT2D eigenvalue weighted by atomic mass is 35.5. The van der Waals surface area contributed by atoms with Gasteiger partial charge in [0.15, 0.2) is 23.3 Å². The third-order valence-electron chi connectivity index (χ3n) is 14.9. The van der Waals surface area contributed by atoms with Gasteiger partial charge in [-0.05, 0) is 53.8 Å². The zero-order chi connectivity index (χ0) is 64.7. The van der Waals surface area contributed by atoms with Gasteiger partial charge in [0.25, 0.3) is 41.4 Å². The molecule has 7 aromatic heterocycles. The third kappa shape index (κ3) is 12.7. The van der Waals surface area contributed by atoms with Gasteiger partial charge in [-0.15, -0.1) is 11.6 Å². The number of anilines is 8. The number of hydrogen-bond acceptors (Lipinski definition) is 14. The fraction of sp³-hybridized carbons (Fsp3) is 0.217. The van der Waals surface area contributed by atoms with Gasteiger partial charge in [-0.3, -0.25) is 43.2 Å². The van der Waals surface area contributed by atoms with E-state index in [1.54, 1.807) is 83.7 Å². The molecule has 0 bridgehead atoms. The van der Waals surface area contributed by atoms with E-state index in [4.69, 9.17) is 11.6 Å². The summed E-state index contributed by atoms with van der Waals surface area (Å²) in [7, 11) is 9.52. The minimum Gasteiger partial charge on any atom is -0.507 e. The number of rotatable bonds is 19. The predicted molar refractivity (Wildman–Crippen MR) is 337 cm³/mol. The number of alkyl halides is 1. The molecular formula is C60H59ClN20O10. The van der Waals surface area contributed by atoms with Crippen LogP contribution in [-0.4, -0.2) is 130 Å². The Hall–Kier alpha value is -11.8. The van der Waals surface area contributed by atoms with Crippen LogP contribution in [0.2, 0.25) is 0 Å². The molecule has 9 amide bonds.